The van der Waals surface area contributed by atoms with Gasteiger partial charge in [0.25, 0.3) is 6.43 Å². The molecule has 21 heavy (non-hydrogen) atoms. The molecule has 0 amide bonds. The fourth-order valence-corrected chi connectivity index (χ4v) is 1.43. The number of aliphatic hydroxyl groups is 1. The maximum atomic E-state index is 13.9. The van der Waals surface area contributed by atoms with E-state index in [0.29, 0.717) is 0 Å². The average molecular weight is 303 g/mol. The van der Waals surface area contributed by atoms with Crippen LogP contribution in [0.5, 0.6) is 5.75 Å². The third-order valence-electron chi connectivity index (χ3n) is 3.57. The van der Waals surface area contributed by atoms with E-state index in [-0.39, 0.29) is 11.2 Å². The summed E-state index contributed by atoms with van der Waals surface area (Å²) in [5, 5.41) is 9.95. The predicted molar refractivity (Wildman–Crippen MR) is 74.8 cm³/mol. The summed E-state index contributed by atoms with van der Waals surface area (Å²) in [6, 6.07) is 2.53. The van der Waals surface area contributed by atoms with Gasteiger partial charge in [0.15, 0.2) is 11.6 Å². The van der Waals surface area contributed by atoms with Gasteiger partial charge < -0.3 is 14.5 Å². The second-order valence-corrected chi connectivity index (χ2v) is 5.69. The average Bonchev–Trinajstić information content (AvgIpc) is 2.34. The van der Waals surface area contributed by atoms with Crippen LogP contribution in [0.1, 0.15) is 39.7 Å². The van der Waals surface area contributed by atoms with E-state index in [1.165, 1.54) is 33.1 Å². The van der Waals surface area contributed by atoms with E-state index in [1.807, 2.05) is 0 Å². The van der Waals surface area contributed by atoms with Crippen molar-refractivity contribution in [3.63, 3.8) is 0 Å². The SMILES string of the molecule is COc1ccc([B]OC(C)(C)C(C)(C)O)c(C(F)F)c1F. The second kappa shape index (κ2) is 6.28. The van der Waals surface area contributed by atoms with Crippen LogP contribution in [-0.2, 0) is 4.65 Å². The number of rotatable bonds is 6. The highest BCUT2D eigenvalue weighted by Crippen LogP contribution is 2.28. The van der Waals surface area contributed by atoms with Crippen LogP contribution in [0, 0.1) is 5.82 Å². The van der Waals surface area contributed by atoms with E-state index in [4.69, 9.17) is 4.65 Å². The van der Waals surface area contributed by atoms with Crippen LogP contribution in [0.4, 0.5) is 13.2 Å². The van der Waals surface area contributed by atoms with Gasteiger partial charge in [-0.25, -0.2) is 13.2 Å². The van der Waals surface area contributed by atoms with Crippen LogP contribution in [0.3, 0.4) is 0 Å². The van der Waals surface area contributed by atoms with Gasteiger partial charge >= 0.3 is 7.48 Å². The van der Waals surface area contributed by atoms with Crippen molar-refractivity contribution in [2.75, 3.05) is 7.11 Å². The Morgan fingerprint density at radius 1 is 1.19 bits per heavy atom. The summed E-state index contributed by atoms with van der Waals surface area (Å²) in [4.78, 5) is 0. The zero-order valence-electron chi connectivity index (χ0n) is 12.7. The Balaban J connectivity index is 3.07. The molecule has 0 atom stereocenters. The Labute approximate surface area is 123 Å². The van der Waals surface area contributed by atoms with Crippen LogP contribution < -0.4 is 10.2 Å². The first-order valence-corrected chi connectivity index (χ1v) is 6.39. The number of hydrogen-bond donors (Lipinski definition) is 1. The minimum atomic E-state index is -3.01. The number of halogens is 3. The number of methoxy groups -OCH3 is 1. The largest absolute Gasteiger partial charge is 0.494 e. The lowest BCUT2D eigenvalue weighted by atomic mass is 9.80. The highest BCUT2D eigenvalue weighted by molar-refractivity contribution is 6.47. The molecule has 0 saturated carbocycles. The maximum absolute atomic E-state index is 13.9. The molecule has 1 aromatic rings. The van der Waals surface area contributed by atoms with Gasteiger partial charge in [0.05, 0.1) is 23.9 Å². The summed E-state index contributed by atoms with van der Waals surface area (Å²) in [6.45, 7) is 6.27. The van der Waals surface area contributed by atoms with Crippen LogP contribution in [0.25, 0.3) is 0 Å². The molecule has 1 N–H and O–H groups in total. The van der Waals surface area contributed by atoms with Crippen molar-refractivity contribution in [2.24, 2.45) is 0 Å². The predicted octanol–water partition coefficient (Wildman–Crippen LogP) is 2.58. The first-order valence-electron chi connectivity index (χ1n) is 6.39. The summed E-state index contributed by atoms with van der Waals surface area (Å²) in [7, 11) is 2.23. The van der Waals surface area contributed by atoms with Gasteiger partial charge in [-0.2, -0.15) is 0 Å². The lowest BCUT2D eigenvalue weighted by molar-refractivity contribution is -0.0893. The molecule has 7 heteroatoms. The van der Waals surface area contributed by atoms with E-state index in [1.54, 1.807) is 13.8 Å². The van der Waals surface area contributed by atoms with E-state index in [0.717, 1.165) is 7.48 Å². The quantitative estimate of drug-likeness (QED) is 0.821. The lowest BCUT2D eigenvalue weighted by Gasteiger charge is -2.37. The monoisotopic (exact) mass is 303 g/mol. The molecule has 0 spiro atoms. The molecular formula is C14H19BF3O3. The zero-order valence-corrected chi connectivity index (χ0v) is 12.7. The van der Waals surface area contributed by atoms with Crippen molar-refractivity contribution in [2.45, 2.75) is 45.3 Å². The van der Waals surface area contributed by atoms with Gasteiger partial charge in [0, 0.05) is 0 Å². The number of hydrogen-bond acceptors (Lipinski definition) is 3. The highest BCUT2D eigenvalue weighted by Gasteiger charge is 2.36. The molecule has 0 aliphatic carbocycles. The molecule has 1 radical (unpaired) electrons. The van der Waals surface area contributed by atoms with Crippen LogP contribution in [0.2, 0.25) is 0 Å². The normalized spacial score (nSPS) is 12.7. The van der Waals surface area contributed by atoms with Crippen molar-refractivity contribution in [3.8, 4) is 5.75 Å². The second-order valence-electron chi connectivity index (χ2n) is 5.69. The molecule has 0 saturated heterocycles. The molecule has 0 bridgehead atoms. The van der Waals surface area contributed by atoms with Gasteiger partial charge in [-0.05, 0) is 39.2 Å². The molecule has 117 valence electrons. The van der Waals surface area contributed by atoms with E-state index >= 15 is 0 Å². The molecular weight excluding hydrogens is 284 g/mol. The molecule has 0 unspecified atom stereocenters. The topological polar surface area (TPSA) is 38.7 Å². The molecule has 0 aliphatic heterocycles. The third kappa shape index (κ3) is 3.92. The zero-order chi connectivity index (χ0) is 16.4. The highest BCUT2D eigenvalue weighted by atomic mass is 19.3. The van der Waals surface area contributed by atoms with E-state index < -0.39 is 29.0 Å². The fraction of sp³-hybridized carbons (Fsp3) is 0.571. The minimum Gasteiger partial charge on any atom is -0.494 e. The lowest BCUT2D eigenvalue weighted by Crippen LogP contribution is -2.49. The van der Waals surface area contributed by atoms with Gasteiger partial charge in [-0.3, -0.25) is 0 Å². The molecule has 3 nitrogen and oxygen atoms in total. The summed E-state index contributed by atoms with van der Waals surface area (Å²) in [6.07, 6.45) is -3.01. The Morgan fingerprint density at radius 2 is 1.76 bits per heavy atom. The summed E-state index contributed by atoms with van der Waals surface area (Å²) in [5.74, 6) is -1.38. The summed E-state index contributed by atoms with van der Waals surface area (Å²) < 4.78 is 50.1. The van der Waals surface area contributed by atoms with Gasteiger partial charge in [0.2, 0.25) is 0 Å². The van der Waals surface area contributed by atoms with Crippen LogP contribution >= 0.6 is 0 Å². The van der Waals surface area contributed by atoms with Crippen LogP contribution in [-0.4, -0.2) is 30.9 Å². The van der Waals surface area contributed by atoms with Crippen molar-refractivity contribution in [1.29, 1.82) is 0 Å². The van der Waals surface area contributed by atoms with Gasteiger partial charge in [-0.1, -0.05) is 6.07 Å². The van der Waals surface area contributed by atoms with Crippen molar-refractivity contribution < 1.29 is 27.7 Å². The molecule has 0 aliphatic rings. The van der Waals surface area contributed by atoms with Crippen molar-refractivity contribution in [1.82, 2.24) is 0 Å². The van der Waals surface area contributed by atoms with Crippen molar-refractivity contribution in [3.05, 3.63) is 23.5 Å². The molecule has 0 heterocycles. The Hall–Kier alpha value is -1.21. The van der Waals surface area contributed by atoms with Crippen LogP contribution in [0.15, 0.2) is 12.1 Å². The summed E-state index contributed by atoms with van der Waals surface area (Å²) in [5.41, 5.74) is -3.14. The molecule has 1 aromatic carbocycles. The fourth-order valence-electron chi connectivity index (χ4n) is 1.43. The van der Waals surface area contributed by atoms with Gasteiger partial charge in [0.1, 0.15) is 0 Å². The number of alkyl halides is 2. The van der Waals surface area contributed by atoms with E-state index in [2.05, 4.69) is 4.74 Å². The van der Waals surface area contributed by atoms with Gasteiger partial charge in [-0.15, -0.1) is 0 Å². The summed E-state index contributed by atoms with van der Waals surface area (Å²) >= 11 is 0. The molecule has 1 rings (SSSR count). The maximum Gasteiger partial charge on any atom is 0.331 e. The number of benzene rings is 1. The molecule has 0 fully saturated rings. The Bertz CT molecular complexity index is 499. The number of ether oxygens (including phenoxy) is 1. The molecule has 0 aromatic heterocycles. The Morgan fingerprint density at radius 3 is 2.19 bits per heavy atom. The minimum absolute atomic E-state index is 0.0966. The Kier molecular flexibility index (Phi) is 5.33. The first kappa shape index (κ1) is 17.8. The van der Waals surface area contributed by atoms with Crippen molar-refractivity contribution >= 4 is 12.9 Å². The third-order valence-corrected chi connectivity index (χ3v) is 3.57. The smallest absolute Gasteiger partial charge is 0.331 e. The standard InChI is InChI=1S/C14H19BF3O3/c1-13(2,19)14(3,4)21-15-8-6-7-9(20-5)11(16)10(8)12(17)18/h6-7,12,19H,1-5H3. The van der Waals surface area contributed by atoms with E-state index in [9.17, 15) is 18.3 Å². The first-order chi connectivity index (χ1) is 9.51.